The lowest BCUT2D eigenvalue weighted by Gasteiger charge is -2.06. The van der Waals surface area contributed by atoms with Gasteiger partial charge < -0.3 is 5.73 Å². The molecule has 0 atom stereocenters. The van der Waals surface area contributed by atoms with Crippen molar-refractivity contribution in [3.63, 3.8) is 0 Å². The number of hydrogen-bond donors (Lipinski definition) is 2. The SMILES string of the molecule is Nc1ccc(S(=O)(=O)NCc2ccncc2)cn1. The van der Waals surface area contributed by atoms with Crippen LogP contribution in [-0.2, 0) is 16.6 Å². The van der Waals surface area contributed by atoms with Crippen LogP contribution >= 0.6 is 0 Å². The molecule has 7 heteroatoms. The van der Waals surface area contributed by atoms with Gasteiger partial charge in [-0.3, -0.25) is 4.98 Å². The van der Waals surface area contributed by atoms with E-state index in [9.17, 15) is 8.42 Å². The molecule has 6 nitrogen and oxygen atoms in total. The van der Waals surface area contributed by atoms with Crippen LogP contribution in [0.2, 0.25) is 0 Å². The highest BCUT2D eigenvalue weighted by molar-refractivity contribution is 7.89. The van der Waals surface area contributed by atoms with Gasteiger partial charge in [0.2, 0.25) is 10.0 Å². The Labute approximate surface area is 105 Å². The number of sulfonamides is 1. The normalized spacial score (nSPS) is 11.3. The van der Waals surface area contributed by atoms with Gasteiger partial charge in [0.15, 0.2) is 0 Å². The van der Waals surface area contributed by atoms with Gasteiger partial charge in [-0.2, -0.15) is 0 Å². The molecule has 0 aromatic carbocycles. The van der Waals surface area contributed by atoms with Gasteiger partial charge in [-0.05, 0) is 29.8 Å². The van der Waals surface area contributed by atoms with Crippen molar-refractivity contribution in [1.29, 1.82) is 0 Å². The molecule has 0 bridgehead atoms. The van der Waals surface area contributed by atoms with E-state index in [1.165, 1.54) is 18.3 Å². The van der Waals surface area contributed by atoms with E-state index < -0.39 is 10.0 Å². The number of nitrogens with zero attached hydrogens (tertiary/aromatic N) is 2. The maximum Gasteiger partial charge on any atom is 0.242 e. The Morgan fingerprint density at radius 2 is 1.89 bits per heavy atom. The third kappa shape index (κ3) is 3.02. The highest BCUT2D eigenvalue weighted by Gasteiger charge is 2.13. The van der Waals surface area contributed by atoms with Crippen molar-refractivity contribution >= 4 is 15.8 Å². The Bertz CT molecular complexity index is 611. The van der Waals surface area contributed by atoms with Crippen molar-refractivity contribution in [2.24, 2.45) is 0 Å². The molecular weight excluding hydrogens is 252 g/mol. The molecule has 0 aliphatic carbocycles. The maximum atomic E-state index is 11.9. The third-order valence-electron chi connectivity index (χ3n) is 2.29. The van der Waals surface area contributed by atoms with E-state index in [1.807, 2.05) is 0 Å². The number of nitrogens with two attached hydrogens (primary N) is 1. The van der Waals surface area contributed by atoms with Gasteiger partial charge in [-0.25, -0.2) is 18.1 Å². The quantitative estimate of drug-likeness (QED) is 0.839. The van der Waals surface area contributed by atoms with Gasteiger partial charge in [0.25, 0.3) is 0 Å². The molecule has 0 fully saturated rings. The number of nitrogens with one attached hydrogen (secondary N) is 1. The molecule has 0 saturated heterocycles. The molecule has 2 aromatic rings. The van der Waals surface area contributed by atoms with E-state index in [1.54, 1.807) is 24.5 Å². The minimum absolute atomic E-state index is 0.0887. The lowest BCUT2D eigenvalue weighted by atomic mass is 10.3. The topological polar surface area (TPSA) is 98.0 Å². The molecule has 2 heterocycles. The Morgan fingerprint density at radius 1 is 1.17 bits per heavy atom. The number of pyridine rings is 2. The van der Waals surface area contributed by atoms with Crippen molar-refractivity contribution in [2.45, 2.75) is 11.4 Å². The first kappa shape index (κ1) is 12.5. The van der Waals surface area contributed by atoms with E-state index in [2.05, 4.69) is 14.7 Å². The summed E-state index contributed by atoms with van der Waals surface area (Å²) >= 11 is 0. The molecule has 3 N–H and O–H groups in total. The second kappa shape index (κ2) is 5.11. The van der Waals surface area contributed by atoms with Gasteiger partial charge in [0.05, 0.1) is 0 Å². The van der Waals surface area contributed by atoms with Crippen molar-refractivity contribution in [3.05, 3.63) is 48.4 Å². The number of nitrogen functional groups attached to an aromatic ring is 1. The third-order valence-corrected chi connectivity index (χ3v) is 3.67. The van der Waals surface area contributed by atoms with E-state index in [0.29, 0.717) is 0 Å². The van der Waals surface area contributed by atoms with Gasteiger partial charge in [0.1, 0.15) is 10.7 Å². The lowest BCUT2D eigenvalue weighted by Crippen LogP contribution is -2.23. The summed E-state index contributed by atoms with van der Waals surface area (Å²) in [5.41, 5.74) is 6.23. The monoisotopic (exact) mass is 264 g/mol. The van der Waals surface area contributed by atoms with E-state index in [-0.39, 0.29) is 17.3 Å². The summed E-state index contributed by atoms with van der Waals surface area (Å²) < 4.78 is 26.3. The van der Waals surface area contributed by atoms with Gasteiger partial charge >= 0.3 is 0 Å². The van der Waals surface area contributed by atoms with E-state index >= 15 is 0 Å². The van der Waals surface area contributed by atoms with Crippen molar-refractivity contribution in [3.8, 4) is 0 Å². The van der Waals surface area contributed by atoms with Crippen LogP contribution in [0.5, 0.6) is 0 Å². The van der Waals surface area contributed by atoms with Crippen LogP contribution < -0.4 is 10.5 Å². The summed E-state index contributed by atoms with van der Waals surface area (Å²) in [7, 11) is -3.56. The zero-order valence-electron chi connectivity index (χ0n) is 9.45. The summed E-state index contributed by atoms with van der Waals surface area (Å²) in [6, 6.07) is 6.34. The second-order valence-electron chi connectivity index (χ2n) is 3.60. The van der Waals surface area contributed by atoms with Crippen LogP contribution in [0.4, 0.5) is 5.82 Å². The molecule has 94 valence electrons. The number of rotatable bonds is 4. The van der Waals surface area contributed by atoms with E-state index in [0.717, 1.165) is 5.56 Å². The molecule has 0 saturated carbocycles. The molecule has 18 heavy (non-hydrogen) atoms. The Hall–Kier alpha value is -1.99. The van der Waals surface area contributed by atoms with Crippen molar-refractivity contribution < 1.29 is 8.42 Å². The van der Waals surface area contributed by atoms with Gasteiger partial charge in [-0.15, -0.1) is 0 Å². The first-order valence-electron chi connectivity index (χ1n) is 5.18. The second-order valence-corrected chi connectivity index (χ2v) is 5.37. The van der Waals surface area contributed by atoms with Crippen molar-refractivity contribution in [2.75, 3.05) is 5.73 Å². The predicted octanol–water partition coefficient (Wildman–Crippen LogP) is 0.537. The fourth-order valence-electron chi connectivity index (χ4n) is 1.31. The van der Waals surface area contributed by atoms with Crippen LogP contribution in [0.1, 0.15) is 5.56 Å². The molecule has 0 amide bonds. The summed E-state index contributed by atoms with van der Waals surface area (Å²) in [6.07, 6.45) is 4.44. The van der Waals surface area contributed by atoms with Gasteiger partial charge in [-0.1, -0.05) is 0 Å². The smallest absolute Gasteiger partial charge is 0.242 e. The van der Waals surface area contributed by atoms with Crippen molar-refractivity contribution in [1.82, 2.24) is 14.7 Å². The van der Waals surface area contributed by atoms with Crippen LogP contribution in [0.3, 0.4) is 0 Å². The van der Waals surface area contributed by atoms with Crippen LogP contribution in [-0.4, -0.2) is 18.4 Å². The van der Waals surface area contributed by atoms with E-state index in [4.69, 9.17) is 5.73 Å². The molecule has 0 unspecified atom stereocenters. The fraction of sp³-hybridized carbons (Fsp3) is 0.0909. The largest absolute Gasteiger partial charge is 0.384 e. The highest BCUT2D eigenvalue weighted by atomic mass is 32.2. The number of hydrogen-bond acceptors (Lipinski definition) is 5. The highest BCUT2D eigenvalue weighted by Crippen LogP contribution is 2.09. The molecule has 0 spiro atoms. The number of anilines is 1. The number of aromatic nitrogens is 2. The molecule has 0 aliphatic heterocycles. The van der Waals surface area contributed by atoms with Gasteiger partial charge in [0, 0.05) is 25.1 Å². The standard InChI is InChI=1S/C11H12N4O2S/c12-11-2-1-10(8-14-11)18(16,17)15-7-9-3-5-13-6-4-9/h1-6,8,15H,7H2,(H2,12,14). The first-order valence-corrected chi connectivity index (χ1v) is 6.66. The summed E-state index contributed by atoms with van der Waals surface area (Å²) in [6.45, 7) is 0.204. The van der Waals surface area contributed by atoms with Crippen LogP contribution in [0.25, 0.3) is 0 Å². The molecular formula is C11H12N4O2S. The molecule has 0 radical (unpaired) electrons. The molecule has 2 rings (SSSR count). The average Bonchev–Trinajstić information content (AvgIpc) is 2.38. The fourth-order valence-corrected chi connectivity index (χ4v) is 2.28. The summed E-state index contributed by atoms with van der Waals surface area (Å²) in [5, 5.41) is 0. The zero-order chi connectivity index (χ0) is 13.0. The maximum absolute atomic E-state index is 11.9. The molecule has 2 aromatic heterocycles. The summed E-state index contributed by atoms with van der Waals surface area (Å²) in [4.78, 5) is 7.69. The zero-order valence-corrected chi connectivity index (χ0v) is 10.3. The Balaban J connectivity index is 2.11. The average molecular weight is 264 g/mol. The summed E-state index contributed by atoms with van der Waals surface area (Å²) in [5.74, 6) is 0.281. The lowest BCUT2D eigenvalue weighted by molar-refractivity contribution is 0.581. The van der Waals surface area contributed by atoms with Crippen LogP contribution in [0, 0.1) is 0 Å². The van der Waals surface area contributed by atoms with Crippen LogP contribution in [0.15, 0.2) is 47.8 Å². The minimum Gasteiger partial charge on any atom is -0.384 e. The Kier molecular flexibility index (Phi) is 3.54. The predicted molar refractivity (Wildman–Crippen MR) is 66.9 cm³/mol. The first-order chi connectivity index (χ1) is 8.58. The molecule has 0 aliphatic rings. The Morgan fingerprint density at radius 3 is 2.50 bits per heavy atom. The minimum atomic E-state index is -3.56.